The molecule has 0 spiro atoms. The van der Waals surface area contributed by atoms with E-state index < -0.39 is 0 Å². The van der Waals surface area contributed by atoms with E-state index in [2.05, 4.69) is 41.4 Å². The summed E-state index contributed by atoms with van der Waals surface area (Å²) in [5.41, 5.74) is 1.30. The normalized spacial score (nSPS) is 19.5. The van der Waals surface area contributed by atoms with Gasteiger partial charge < -0.3 is 15.3 Å². The van der Waals surface area contributed by atoms with E-state index in [-0.39, 0.29) is 6.10 Å². The molecule has 0 amide bonds. The fourth-order valence-electron chi connectivity index (χ4n) is 2.79. The van der Waals surface area contributed by atoms with Crippen LogP contribution in [0.2, 0.25) is 0 Å². The van der Waals surface area contributed by atoms with E-state index in [1.807, 2.05) is 6.07 Å². The number of hydrogen-bond acceptors (Lipinski definition) is 3. The van der Waals surface area contributed by atoms with Gasteiger partial charge in [0.15, 0.2) is 0 Å². The molecule has 2 atom stereocenters. The molecule has 1 aliphatic rings. The summed E-state index contributed by atoms with van der Waals surface area (Å²) >= 11 is 0. The molecule has 1 heterocycles. The third-order valence-corrected chi connectivity index (χ3v) is 3.88. The molecule has 19 heavy (non-hydrogen) atoms. The summed E-state index contributed by atoms with van der Waals surface area (Å²) in [4.78, 5) is 2.36. The first-order valence-electron chi connectivity index (χ1n) is 7.48. The predicted octanol–water partition coefficient (Wildman–Crippen LogP) is 2.18. The van der Waals surface area contributed by atoms with E-state index in [9.17, 15) is 5.11 Å². The first kappa shape index (κ1) is 14.5. The molecule has 1 aliphatic heterocycles. The maximum absolute atomic E-state index is 10.1. The van der Waals surface area contributed by atoms with Crippen LogP contribution in [0.15, 0.2) is 30.3 Å². The van der Waals surface area contributed by atoms with Gasteiger partial charge >= 0.3 is 0 Å². The first-order valence-corrected chi connectivity index (χ1v) is 7.48. The Bertz CT molecular complexity index is 349. The third kappa shape index (κ3) is 4.60. The second kappa shape index (κ2) is 7.63. The molecular formula is C16H26N2O. The Morgan fingerprint density at radius 2 is 1.89 bits per heavy atom. The van der Waals surface area contributed by atoms with Gasteiger partial charge in [0.25, 0.3) is 0 Å². The van der Waals surface area contributed by atoms with Crippen molar-refractivity contribution in [1.29, 1.82) is 0 Å². The molecule has 1 fully saturated rings. The summed E-state index contributed by atoms with van der Waals surface area (Å²) in [5, 5.41) is 13.6. The molecule has 1 aromatic rings. The fourth-order valence-corrected chi connectivity index (χ4v) is 2.79. The minimum absolute atomic E-state index is 0.268. The lowest BCUT2D eigenvalue weighted by Gasteiger charge is -2.23. The van der Waals surface area contributed by atoms with Crippen molar-refractivity contribution in [3.8, 4) is 0 Å². The fraction of sp³-hybridized carbons (Fsp3) is 0.625. The standard InChI is InChI=1S/C16H26N2O/c1-2-16(14-8-4-3-5-9-14)17-12-15(19)13-18-10-6-7-11-18/h3-5,8-9,15-17,19H,2,6-7,10-13H2,1H3. The highest BCUT2D eigenvalue weighted by atomic mass is 16.3. The van der Waals surface area contributed by atoms with Crippen LogP contribution in [-0.2, 0) is 0 Å². The maximum atomic E-state index is 10.1. The minimum atomic E-state index is -0.268. The molecule has 106 valence electrons. The average molecular weight is 262 g/mol. The number of rotatable bonds is 7. The Morgan fingerprint density at radius 3 is 2.53 bits per heavy atom. The second-order valence-electron chi connectivity index (χ2n) is 5.44. The van der Waals surface area contributed by atoms with Crippen LogP contribution in [0.4, 0.5) is 0 Å². The number of β-amino-alcohol motifs (C(OH)–C–C–N with tert-alkyl or cyclic N) is 1. The molecule has 2 N–H and O–H groups in total. The van der Waals surface area contributed by atoms with Crippen LogP contribution in [0.25, 0.3) is 0 Å². The van der Waals surface area contributed by atoms with Gasteiger partial charge in [-0.3, -0.25) is 0 Å². The van der Waals surface area contributed by atoms with Crippen LogP contribution in [-0.4, -0.2) is 42.3 Å². The highest BCUT2D eigenvalue weighted by Gasteiger charge is 2.16. The molecule has 0 aliphatic carbocycles. The Hall–Kier alpha value is -0.900. The lowest BCUT2D eigenvalue weighted by atomic mass is 10.0. The van der Waals surface area contributed by atoms with E-state index in [0.717, 1.165) is 26.1 Å². The Kier molecular flexibility index (Phi) is 5.83. The molecule has 3 heteroatoms. The number of nitrogens with one attached hydrogen (secondary N) is 1. The smallest absolute Gasteiger partial charge is 0.0791 e. The molecular weight excluding hydrogens is 236 g/mol. The van der Waals surface area contributed by atoms with Crippen molar-refractivity contribution in [1.82, 2.24) is 10.2 Å². The van der Waals surface area contributed by atoms with Crippen molar-refractivity contribution in [3.63, 3.8) is 0 Å². The quantitative estimate of drug-likeness (QED) is 0.790. The summed E-state index contributed by atoms with van der Waals surface area (Å²) in [7, 11) is 0. The van der Waals surface area contributed by atoms with Crippen LogP contribution in [0.5, 0.6) is 0 Å². The van der Waals surface area contributed by atoms with Crippen LogP contribution in [0, 0.1) is 0 Å². The van der Waals surface area contributed by atoms with Gasteiger partial charge in [-0.1, -0.05) is 37.3 Å². The van der Waals surface area contributed by atoms with Crippen LogP contribution >= 0.6 is 0 Å². The largest absolute Gasteiger partial charge is 0.390 e. The van der Waals surface area contributed by atoms with Crippen molar-refractivity contribution >= 4 is 0 Å². The lowest BCUT2D eigenvalue weighted by Crippen LogP contribution is -2.38. The van der Waals surface area contributed by atoms with Gasteiger partial charge in [-0.15, -0.1) is 0 Å². The topological polar surface area (TPSA) is 35.5 Å². The highest BCUT2D eigenvalue weighted by Crippen LogP contribution is 2.15. The molecule has 1 saturated heterocycles. The predicted molar refractivity (Wildman–Crippen MR) is 79.2 cm³/mol. The SMILES string of the molecule is CCC(NCC(O)CN1CCCC1)c1ccccc1. The van der Waals surface area contributed by atoms with E-state index in [1.54, 1.807) is 0 Å². The first-order chi connectivity index (χ1) is 9.29. The summed E-state index contributed by atoms with van der Waals surface area (Å²) in [6.45, 7) is 5.94. The van der Waals surface area contributed by atoms with Gasteiger partial charge in [-0.05, 0) is 37.9 Å². The molecule has 2 unspecified atom stereocenters. The highest BCUT2D eigenvalue weighted by molar-refractivity contribution is 5.18. The maximum Gasteiger partial charge on any atom is 0.0791 e. The summed E-state index contributed by atoms with van der Waals surface area (Å²) in [5.74, 6) is 0. The van der Waals surface area contributed by atoms with Gasteiger partial charge in [0.1, 0.15) is 0 Å². The van der Waals surface area contributed by atoms with E-state index in [0.29, 0.717) is 12.6 Å². The summed E-state index contributed by atoms with van der Waals surface area (Å²) in [6, 6.07) is 10.8. The van der Waals surface area contributed by atoms with Gasteiger partial charge in [-0.25, -0.2) is 0 Å². The van der Waals surface area contributed by atoms with Crippen molar-refractivity contribution in [2.45, 2.75) is 38.3 Å². The molecule has 0 bridgehead atoms. The van der Waals surface area contributed by atoms with Crippen molar-refractivity contribution in [2.75, 3.05) is 26.2 Å². The number of hydrogen-bond donors (Lipinski definition) is 2. The Morgan fingerprint density at radius 1 is 1.21 bits per heavy atom. The average Bonchev–Trinajstić information content (AvgIpc) is 2.93. The molecule has 0 radical (unpaired) electrons. The van der Waals surface area contributed by atoms with Crippen LogP contribution in [0.1, 0.15) is 37.8 Å². The van der Waals surface area contributed by atoms with Crippen LogP contribution < -0.4 is 5.32 Å². The molecule has 0 aromatic heterocycles. The zero-order chi connectivity index (χ0) is 13.5. The number of aliphatic hydroxyl groups is 1. The van der Waals surface area contributed by atoms with Gasteiger partial charge in [-0.2, -0.15) is 0 Å². The second-order valence-corrected chi connectivity index (χ2v) is 5.44. The van der Waals surface area contributed by atoms with Gasteiger partial charge in [0.2, 0.25) is 0 Å². The Labute approximate surface area is 116 Å². The third-order valence-electron chi connectivity index (χ3n) is 3.88. The van der Waals surface area contributed by atoms with E-state index in [4.69, 9.17) is 0 Å². The summed E-state index contributed by atoms with van der Waals surface area (Å²) in [6.07, 6.45) is 3.33. The van der Waals surface area contributed by atoms with Crippen LogP contribution in [0.3, 0.4) is 0 Å². The zero-order valence-corrected chi connectivity index (χ0v) is 11.9. The lowest BCUT2D eigenvalue weighted by molar-refractivity contribution is 0.120. The van der Waals surface area contributed by atoms with Crippen molar-refractivity contribution in [3.05, 3.63) is 35.9 Å². The van der Waals surface area contributed by atoms with E-state index >= 15 is 0 Å². The number of nitrogens with zero attached hydrogens (tertiary/aromatic N) is 1. The van der Waals surface area contributed by atoms with Crippen molar-refractivity contribution in [2.24, 2.45) is 0 Å². The monoisotopic (exact) mass is 262 g/mol. The zero-order valence-electron chi connectivity index (χ0n) is 11.9. The summed E-state index contributed by atoms with van der Waals surface area (Å²) < 4.78 is 0. The van der Waals surface area contributed by atoms with Crippen molar-refractivity contribution < 1.29 is 5.11 Å². The molecule has 2 rings (SSSR count). The number of aliphatic hydroxyl groups excluding tert-OH is 1. The molecule has 1 aromatic carbocycles. The number of likely N-dealkylation sites (tertiary alicyclic amines) is 1. The minimum Gasteiger partial charge on any atom is -0.390 e. The van der Waals surface area contributed by atoms with Gasteiger partial charge in [0.05, 0.1) is 6.10 Å². The van der Waals surface area contributed by atoms with E-state index in [1.165, 1.54) is 18.4 Å². The Balaban J connectivity index is 1.76. The molecule has 3 nitrogen and oxygen atoms in total. The van der Waals surface area contributed by atoms with Gasteiger partial charge in [0, 0.05) is 19.1 Å². The molecule has 0 saturated carbocycles. The number of benzene rings is 1.